The van der Waals surface area contributed by atoms with E-state index in [1.807, 2.05) is 18.2 Å². The highest BCUT2D eigenvalue weighted by atomic mass is 19.1. The fourth-order valence-corrected chi connectivity index (χ4v) is 3.88. The molecular weight excluding hydrogens is 367 g/mol. The molecule has 0 aromatic heterocycles. The van der Waals surface area contributed by atoms with Crippen LogP contribution < -0.4 is 10.1 Å². The summed E-state index contributed by atoms with van der Waals surface area (Å²) < 4.78 is 20.0. The third-order valence-electron chi connectivity index (χ3n) is 5.48. The largest absolute Gasteiger partial charge is 0.496 e. The molecule has 1 saturated heterocycles. The Kier molecular flexibility index (Phi) is 8.05. The van der Waals surface area contributed by atoms with Crippen molar-refractivity contribution in [3.63, 3.8) is 0 Å². The van der Waals surface area contributed by atoms with Gasteiger partial charge in [-0.3, -0.25) is 4.79 Å². The lowest BCUT2D eigenvalue weighted by Gasteiger charge is -2.19. The second-order valence-electron chi connectivity index (χ2n) is 7.66. The monoisotopic (exact) mass is 398 g/mol. The molecule has 0 bridgehead atoms. The van der Waals surface area contributed by atoms with Crippen LogP contribution in [0.3, 0.4) is 0 Å². The number of halogens is 1. The van der Waals surface area contributed by atoms with Crippen molar-refractivity contribution < 1.29 is 13.9 Å². The number of unbranched alkanes of at least 4 members (excludes halogenated alkanes) is 1. The zero-order chi connectivity index (χ0) is 20.5. The van der Waals surface area contributed by atoms with Crippen molar-refractivity contribution in [1.29, 1.82) is 0 Å². The van der Waals surface area contributed by atoms with Gasteiger partial charge in [0.05, 0.1) is 7.11 Å². The number of anilines is 1. The van der Waals surface area contributed by atoms with E-state index >= 15 is 0 Å². The van der Waals surface area contributed by atoms with Crippen LogP contribution in [0.2, 0.25) is 0 Å². The quantitative estimate of drug-likeness (QED) is 0.598. The van der Waals surface area contributed by atoms with Gasteiger partial charge in [-0.2, -0.15) is 0 Å². The topological polar surface area (TPSA) is 41.6 Å². The predicted octanol–water partition coefficient (Wildman–Crippen LogP) is 5.49. The molecule has 5 heteroatoms. The molecule has 1 aliphatic rings. The summed E-state index contributed by atoms with van der Waals surface area (Å²) in [7, 11) is 1.57. The summed E-state index contributed by atoms with van der Waals surface area (Å²) in [6.45, 7) is 3.43. The first-order chi connectivity index (χ1) is 14.2. The van der Waals surface area contributed by atoms with Crippen molar-refractivity contribution in [2.75, 3.05) is 32.1 Å². The van der Waals surface area contributed by atoms with Crippen molar-refractivity contribution >= 4 is 11.6 Å². The number of benzene rings is 2. The second kappa shape index (κ2) is 11.0. The molecule has 1 amide bonds. The summed E-state index contributed by atoms with van der Waals surface area (Å²) in [6, 6.07) is 12.1. The molecule has 2 aromatic carbocycles. The molecule has 1 N–H and O–H groups in total. The van der Waals surface area contributed by atoms with Gasteiger partial charge >= 0.3 is 0 Å². The molecule has 4 nitrogen and oxygen atoms in total. The van der Waals surface area contributed by atoms with Gasteiger partial charge in [-0.15, -0.1) is 0 Å². The lowest BCUT2D eigenvalue weighted by atomic mass is 10.0. The number of rotatable bonds is 8. The summed E-state index contributed by atoms with van der Waals surface area (Å²) in [5.41, 5.74) is 1.63. The fraction of sp³-hybridized carbons (Fsp3) is 0.458. The Morgan fingerprint density at radius 2 is 1.79 bits per heavy atom. The maximum absolute atomic E-state index is 14.6. The van der Waals surface area contributed by atoms with Gasteiger partial charge in [0.15, 0.2) is 0 Å². The van der Waals surface area contributed by atoms with Crippen molar-refractivity contribution in [1.82, 2.24) is 4.90 Å². The summed E-state index contributed by atoms with van der Waals surface area (Å²) in [5, 5.41) is 2.81. The maximum atomic E-state index is 14.6. The number of likely N-dealkylation sites (tertiary alicyclic amines) is 1. The lowest BCUT2D eigenvalue weighted by Crippen LogP contribution is -2.25. The number of ether oxygens (including phenoxy) is 1. The molecule has 156 valence electrons. The van der Waals surface area contributed by atoms with Gasteiger partial charge in [-0.05, 0) is 69.6 Å². The molecule has 2 aromatic rings. The van der Waals surface area contributed by atoms with E-state index in [9.17, 15) is 9.18 Å². The minimum atomic E-state index is -0.381. The minimum Gasteiger partial charge on any atom is -0.496 e. The zero-order valence-electron chi connectivity index (χ0n) is 17.3. The van der Waals surface area contributed by atoms with E-state index in [1.54, 1.807) is 25.3 Å². The van der Waals surface area contributed by atoms with Gasteiger partial charge < -0.3 is 15.0 Å². The Morgan fingerprint density at radius 3 is 2.52 bits per heavy atom. The summed E-state index contributed by atoms with van der Waals surface area (Å²) >= 11 is 0. The predicted molar refractivity (Wildman–Crippen MR) is 116 cm³/mol. The standard InChI is InChI=1S/C24H31FN2O2/c1-29-23-11-5-4-10-21(23)20-14-13-19(18-22(20)25)26-24(28)12-6-9-17-27-15-7-2-3-8-16-27/h4-5,10-11,13-14,18H,2-3,6-9,12,15-17H2,1H3,(H,26,28). The van der Waals surface area contributed by atoms with Crippen molar-refractivity contribution in [3.05, 3.63) is 48.3 Å². The van der Waals surface area contributed by atoms with Gasteiger partial charge in [0.2, 0.25) is 5.91 Å². The molecule has 1 aliphatic heterocycles. The zero-order valence-corrected chi connectivity index (χ0v) is 17.3. The Morgan fingerprint density at radius 1 is 1.03 bits per heavy atom. The van der Waals surface area contributed by atoms with Crippen LogP contribution in [0, 0.1) is 5.82 Å². The molecule has 3 rings (SSSR count). The molecule has 29 heavy (non-hydrogen) atoms. The van der Waals surface area contributed by atoms with E-state index in [2.05, 4.69) is 10.2 Å². The van der Waals surface area contributed by atoms with E-state index in [4.69, 9.17) is 4.74 Å². The minimum absolute atomic E-state index is 0.0645. The lowest BCUT2D eigenvalue weighted by molar-refractivity contribution is -0.116. The van der Waals surface area contributed by atoms with Gasteiger partial charge in [0.25, 0.3) is 0 Å². The van der Waals surface area contributed by atoms with Gasteiger partial charge in [0.1, 0.15) is 11.6 Å². The van der Waals surface area contributed by atoms with Crippen LogP contribution in [0.5, 0.6) is 5.75 Å². The van der Waals surface area contributed by atoms with E-state index in [-0.39, 0.29) is 11.7 Å². The molecule has 0 unspecified atom stereocenters. The SMILES string of the molecule is COc1ccccc1-c1ccc(NC(=O)CCCCN2CCCCCC2)cc1F. The fourth-order valence-electron chi connectivity index (χ4n) is 3.88. The van der Waals surface area contributed by atoms with Crippen molar-refractivity contribution in [2.45, 2.75) is 44.9 Å². The van der Waals surface area contributed by atoms with Crippen LogP contribution >= 0.6 is 0 Å². The smallest absolute Gasteiger partial charge is 0.224 e. The summed E-state index contributed by atoms with van der Waals surface area (Å²) in [6.07, 6.45) is 7.59. The summed E-state index contributed by atoms with van der Waals surface area (Å²) in [4.78, 5) is 14.7. The molecular formula is C24H31FN2O2. The normalized spacial score (nSPS) is 15.0. The Balaban J connectivity index is 1.48. The van der Waals surface area contributed by atoms with E-state index in [1.165, 1.54) is 44.8 Å². The summed E-state index contributed by atoms with van der Waals surface area (Å²) in [5.74, 6) is 0.173. The number of para-hydroxylation sites is 1. The number of methoxy groups -OCH3 is 1. The molecule has 0 radical (unpaired) electrons. The van der Waals surface area contributed by atoms with E-state index in [0.717, 1.165) is 19.4 Å². The molecule has 0 saturated carbocycles. The third kappa shape index (κ3) is 6.29. The molecule has 0 spiro atoms. The van der Waals surface area contributed by atoms with Gasteiger partial charge in [-0.1, -0.05) is 31.0 Å². The van der Waals surface area contributed by atoms with Gasteiger partial charge in [0, 0.05) is 23.2 Å². The highest BCUT2D eigenvalue weighted by molar-refractivity contribution is 5.91. The molecule has 1 heterocycles. The molecule has 0 aliphatic carbocycles. The Labute approximate surface area is 173 Å². The highest BCUT2D eigenvalue weighted by Crippen LogP contribution is 2.32. The number of amides is 1. The van der Waals surface area contributed by atoms with Crippen LogP contribution in [0.25, 0.3) is 11.1 Å². The number of hydrogen-bond donors (Lipinski definition) is 1. The van der Waals surface area contributed by atoms with Crippen LogP contribution in [0.4, 0.5) is 10.1 Å². The van der Waals surface area contributed by atoms with Crippen LogP contribution in [0.1, 0.15) is 44.9 Å². The van der Waals surface area contributed by atoms with Gasteiger partial charge in [-0.25, -0.2) is 4.39 Å². The number of carbonyl (C=O) groups is 1. The number of nitrogens with one attached hydrogen (secondary N) is 1. The number of nitrogens with zero attached hydrogens (tertiary/aromatic N) is 1. The second-order valence-corrected chi connectivity index (χ2v) is 7.66. The van der Waals surface area contributed by atoms with E-state index < -0.39 is 0 Å². The van der Waals surface area contributed by atoms with Crippen LogP contribution in [-0.2, 0) is 4.79 Å². The first-order valence-electron chi connectivity index (χ1n) is 10.6. The average Bonchev–Trinajstić information content (AvgIpc) is 3.00. The molecule has 1 fully saturated rings. The third-order valence-corrected chi connectivity index (χ3v) is 5.48. The number of carbonyl (C=O) groups excluding carboxylic acids is 1. The van der Waals surface area contributed by atoms with Crippen LogP contribution in [0.15, 0.2) is 42.5 Å². The Hall–Kier alpha value is -2.40. The first kappa shape index (κ1) is 21.3. The Bertz CT molecular complexity index is 801. The average molecular weight is 399 g/mol. The first-order valence-corrected chi connectivity index (χ1v) is 10.6. The van der Waals surface area contributed by atoms with E-state index in [0.29, 0.717) is 29.0 Å². The van der Waals surface area contributed by atoms with Crippen molar-refractivity contribution in [2.24, 2.45) is 0 Å². The maximum Gasteiger partial charge on any atom is 0.224 e. The van der Waals surface area contributed by atoms with Crippen molar-refractivity contribution in [3.8, 4) is 16.9 Å². The highest BCUT2D eigenvalue weighted by Gasteiger charge is 2.12. The number of hydrogen-bond acceptors (Lipinski definition) is 3. The molecule has 0 atom stereocenters. The van der Waals surface area contributed by atoms with Crippen LogP contribution in [-0.4, -0.2) is 37.6 Å².